The highest BCUT2D eigenvalue weighted by atomic mass is 16.5. The molecule has 0 radical (unpaired) electrons. The Morgan fingerprint density at radius 1 is 1.18 bits per heavy atom. The van der Waals surface area contributed by atoms with Crippen molar-refractivity contribution in [1.82, 2.24) is 0 Å². The number of benzene rings is 1. The van der Waals surface area contributed by atoms with Gasteiger partial charge in [-0.1, -0.05) is 37.3 Å². The average molecular weight is 234 g/mol. The van der Waals surface area contributed by atoms with Crippen LogP contribution < -0.4 is 0 Å². The Balaban J connectivity index is 2.56. The smallest absolute Gasteiger partial charge is 0.302 e. The monoisotopic (exact) mass is 234 g/mol. The Hall–Kier alpha value is -1.64. The van der Waals surface area contributed by atoms with E-state index in [9.17, 15) is 9.59 Å². The SMILES string of the molecule is CC(=O)O[C@@H](C)C[C@@H](C)C(=O)c1ccccc1. The van der Waals surface area contributed by atoms with Crippen LogP contribution in [0, 0.1) is 5.92 Å². The Morgan fingerprint density at radius 3 is 2.29 bits per heavy atom. The molecule has 0 unspecified atom stereocenters. The summed E-state index contributed by atoms with van der Waals surface area (Å²) in [5.41, 5.74) is 0.704. The summed E-state index contributed by atoms with van der Waals surface area (Å²) in [5.74, 6) is -0.367. The standard InChI is InChI=1S/C14H18O3/c1-10(9-11(2)17-12(3)15)14(16)13-7-5-4-6-8-13/h4-8,10-11H,9H2,1-3H3/t10-,11+/m1/s1. The first-order valence-corrected chi connectivity index (χ1v) is 5.77. The van der Waals surface area contributed by atoms with Crippen LogP contribution in [0.4, 0.5) is 0 Å². The van der Waals surface area contributed by atoms with Gasteiger partial charge in [0, 0.05) is 18.4 Å². The molecule has 0 amide bonds. The first-order valence-electron chi connectivity index (χ1n) is 5.77. The van der Waals surface area contributed by atoms with E-state index >= 15 is 0 Å². The molecule has 1 aromatic rings. The summed E-state index contributed by atoms with van der Waals surface area (Å²) in [6, 6.07) is 9.17. The van der Waals surface area contributed by atoms with Crippen molar-refractivity contribution in [2.24, 2.45) is 5.92 Å². The summed E-state index contributed by atoms with van der Waals surface area (Å²) in [7, 11) is 0. The number of ketones is 1. The van der Waals surface area contributed by atoms with Gasteiger partial charge in [0.25, 0.3) is 0 Å². The van der Waals surface area contributed by atoms with Gasteiger partial charge in [-0.2, -0.15) is 0 Å². The lowest BCUT2D eigenvalue weighted by Gasteiger charge is -2.16. The summed E-state index contributed by atoms with van der Waals surface area (Å²) in [6.07, 6.45) is 0.322. The number of ether oxygens (including phenoxy) is 1. The van der Waals surface area contributed by atoms with E-state index in [2.05, 4.69) is 0 Å². The molecule has 0 fully saturated rings. The quantitative estimate of drug-likeness (QED) is 0.581. The van der Waals surface area contributed by atoms with E-state index in [1.165, 1.54) is 6.92 Å². The van der Waals surface area contributed by atoms with Crippen molar-refractivity contribution in [2.75, 3.05) is 0 Å². The second-order valence-corrected chi connectivity index (χ2v) is 4.29. The molecule has 0 aliphatic carbocycles. The molecular formula is C14H18O3. The maximum absolute atomic E-state index is 12.0. The van der Waals surface area contributed by atoms with Crippen LogP contribution in [-0.4, -0.2) is 17.9 Å². The van der Waals surface area contributed by atoms with Crippen LogP contribution in [0.5, 0.6) is 0 Å². The molecule has 3 heteroatoms. The third kappa shape index (κ3) is 4.39. The molecule has 0 aromatic heterocycles. The van der Waals surface area contributed by atoms with Crippen LogP contribution in [-0.2, 0) is 9.53 Å². The fraction of sp³-hybridized carbons (Fsp3) is 0.429. The lowest BCUT2D eigenvalue weighted by molar-refractivity contribution is -0.146. The first-order chi connectivity index (χ1) is 8.00. The third-order valence-corrected chi connectivity index (χ3v) is 2.56. The van der Waals surface area contributed by atoms with E-state index in [0.29, 0.717) is 12.0 Å². The minimum atomic E-state index is -0.308. The largest absolute Gasteiger partial charge is 0.463 e. The first kappa shape index (κ1) is 13.4. The van der Waals surface area contributed by atoms with Crippen molar-refractivity contribution in [3.63, 3.8) is 0 Å². The van der Waals surface area contributed by atoms with E-state index < -0.39 is 0 Å². The minimum absolute atomic E-state index is 0.0876. The van der Waals surface area contributed by atoms with Gasteiger partial charge in [-0.3, -0.25) is 9.59 Å². The minimum Gasteiger partial charge on any atom is -0.463 e. The predicted octanol–water partition coefficient (Wildman–Crippen LogP) is 2.85. The van der Waals surface area contributed by atoms with Gasteiger partial charge in [0.1, 0.15) is 0 Å². The molecule has 1 rings (SSSR count). The molecule has 3 nitrogen and oxygen atoms in total. The number of hydrogen-bond acceptors (Lipinski definition) is 3. The molecule has 0 aliphatic rings. The summed E-state index contributed by atoms with van der Waals surface area (Å²) in [4.78, 5) is 22.8. The Labute approximate surface area is 102 Å². The van der Waals surface area contributed by atoms with Gasteiger partial charge >= 0.3 is 5.97 Å². The summed E-state index contributed by atoms with van der Waals surface area (Å²) in [6.45, 7) is 5.03. The number of carbonyl (C=O) groups excluding carboxylic acids is 2. The van der Waals surface area contributed by atoms with Gasteiger partial charge in [-0.25, -0.2) is 0 Å². The molecule has 1 aromatic carbocycles. The summed E-state index contributed by atoms with van der Waals surface area (Å²) in [5, 5.41) is 0. The van der Waals surface area contributed by atoms with E-state index in [1.54, 1.807) is 19.1 Å². The third-order valence-electron chi connectivity index (χ3n) is 2.56. The number of carbonyl (C=O) groups is 2. The molecule has 0 aliphatic heterocycles. The van der Waals surface area contributed by atoms with Gasteiger partial charge in [-0.15, -0.1) is 0 Å². The maximum Gasteiger partial charge on any atom is 0.302 e. The lowest BCUT2D eigenvalue weighted by atomic mass is 9.94. The summed E-state index contributed by atoms with van der Waals surface area (Å²) < 4.78 is 5.02. The molecular weight excluding hydrogens is 216 g/mol. The molecule has 17 heavy (non-hydrogen) atoms. The van der Waals surface area contributed by atoms with Gasteiger partial charge < -0.3 is 4.74 Å². The van der Waals surface area contributed by atoms with Crippen molar-refractivity contribution in [2.45, 2.75) is 33.3 Å². The molecule has 92 valence electrons. The molecule has 0 heterocycles. The Morgan fingerprint density at radius 2 is 1.76 bits per heavy atom. The number of Topliss-reactive ketones (excluding diaryl/α,β-unsaturated/α-hetero) is 1. The fourth-order valence-corrected chi connectivity index (χ4v) is 1.82. The number of rotatable bonds is 5. The average Bonchev–Trinajstić information content (AvgIpc) is 2.28. The van der Waals surface area contributed by atoms with Crippen LogP contribution in [0.15, 0.2) is 30.3 Å². The van der Waals surface area contributed by atoms with E-state index in [-0.39, 0.29) is 23.8 Å². The highest BCUT2D eigenvalue weighted by Gasteiger charge is 2.18. The van der Waals surface area contributed by atoms with Crippen LogP contribution in [0.2, 0.25) is 0 Å². The van der Waals surface area contributed by atoms with Crippen LogP contribution in [0.3, 0.4) is 0 Å². The molecule has 0 saturated carbocycles. The van der Waals surface area contributed by atoms with Crippen molar-refractivity contribution in [1.29, 1.82) is 0 Å². The van der Waals surface area contributed by atoms with Crippen molar-refractivity contribution >= 4 is 11.8 Å². The van der Waals surface area contributed by atoms with Gasteiger partial charge in [-0.05, 0) is 13.3 Å². The fourth-order valence-electron chi connectivity index (χ4n) is 1.82. The van der Waals surface area contributed by atoms with Crippen LogP contribution in [0.1, 0.15) is 37.6 Å². The van der Waals surface area contributed by atoms with Gasteiger partial charge in [0.05, 0.1) is 6.10 Å². The molecule has 0 spiro atoms. The van der Waals surface area contributed by atoms with Crippen molar-refractivity contribution in [3.8, 4) is 0 Å². The maximum atomic E-state index is 12.0. The Kier molecular flexibility index (Phi) is 4.88. The molecule has 0 bridgehead atoms. The zero-order valence-corrected chi connectivity index (χ0v) is 10.5. The zero-order valence-electron chi connectivity index (χ0n) is 10.5. The zero-order chi connectivity index (χ0) is 12.8. The second-order valence-electron chi connectivity index (χ2n) is 4.29. The van der Waals surface area contributed by atoms with Gasteiger partial charge in [0.2, 0.25) is 0 Å². The second kappa shape index (κ2) is 6.18. The van der Waals surface area contributed by atoms with Crippen molar-refractivity contribution in [3.05, 3.63) is 35.9 Å². The van der Waals surface area contributed by atoms with E-state index in [1.807, 2.05) is 25.1 Å². The molecule has 0 saturated heterocycles. The Bertz CT molecular complexity index is 384. The number of esters is 1. The van der Waals surface area contributed by atoms with Gasteiger partial charge in [0.15, 0.2) is 5.78 Å². The summed E-state index contributed by atoms with van der Waals surface area (Å²) >= 11 is 0. The van der Waals surface area contributed by atoms with Crippen LogP contribution in [0.25, 0.3) is 0 Å². The van der Waals surface area contributed by atoms with Crippen molar-refractivity contribution < 1.29 is 14.3 Å². The lowest BCUT2D eigenvalue weighted by Crippen LogP contribution is -2.20. The van der Waals surface area contributed by atoms with Crippen LogP contribution >= 0.6 is 0 Å². The molecule has 0 N–H and O–H groups in total. The topological polar surface area (TPSA) is 43.4 Å². The van der Waals surface area contributed by atoms with E-state index in [0.717, 1.165) is 0 Å². The highest BCUT2D eigenvalue weighted by molar-refractivity contribution is 5.97. The normalized spacial score (nSPS) is 13.8. The molecule has 2 atom stereocenters. The highest BCUT2D eigenvalue weighted by Crippen LogP contribution is 2.15. The number of hydrogen-bond donors (Lipinski definition) is 0. The predicted molar refractivity (Wildman–Crippen MR) is 65.8 cm³/mol. The van der Waals surface area contributed by atoms with E-state index in [4.69, 9.17) is 4.74 Å².